The predicted octanol–water partition coefficient (Wildman–Crippen LogP) is -13.5. The van der Waals surface area contributed by atoms with Gasteiger partial charge < -0.3 is 200 Å². The highest BCUT2D eigenvalue weighted by atomic mass is 32.2. The maximum atomic E-state index is 12.7. The molecule has 0 aromatic heterocycles. The Hall–Kier alpha value is -2.72. The van der Waals surface area contributed by atoms with Crippen LogP contribution >= 0.6 is 94.1 Å². The van der Waals surface area contributed by atoms with Gasteiger partial charge in [0.15, 0.2) is 50.3 Å². The zero-order valence-electron chi connectivity index (χ0n) is 70.6. The number of amides is 8. The first-order chi connectivity index (χ1) is 61.0. The van der Waals surface area contributed by atoms with Gasteiger partial charge in [0, 0.05) is 102 Å². The number of thioether (sulfide) groups is 8. The van der Waals surface area contributed by atoms with Crippen LogP contribution < -0.4 is 42.5 Å². The van der Waals surface area contributed by atoms with E-state index in [1.807, 2.05) is 0 Å². The van der Waals surface area contributed by atoms with Crippen LogP contribution in [0.5, 0.6) is 0 Å². The summed E-state index contributed by atoms with van der Waals surface area (Å²) in [4.78, 5) is 102. The molecule has 48 nitrogen and oxygen atoms in total. The smallest absolute Gasteiger partial charge is 0.229 e. The van der Waals surface area contributed by atoms with Gasteiger partial charge in [-0.1, -0.05) is 0 Å². The molecule has 40 atom stereocenters. The molecule has 30 rings (SSSR count). The van der Waals surface area contributed by atoms with Crippen molar-refractivity contribution in [1.29, 1.82) is 0 Å². The third-order valence-electron chi connectivity index (χ3n) is 21.8. The molecular formula is C72H120N8O40S8. The number of carbonyl (C=O) groups excluding carboxylic acids is 8. The third-order valence-corrected chi connectivity index (χ3v) is 30.1. The zero-order valence-corrected chi connectivity index (χ0v) is 77.2. The summed E-state index contributed by atoms with van der Waals surface area (Å²) in [5.41, 5.74) is 0. The van der Waals surface area contributed by atoms with Gasteiger partial charge >= 0.3 is 0 Å². The minimum Gasteiger partial charge on any atom is -0.387 e. The van der Waals surface area contributed by atoms with E-state index < -0.39 is 293 Å². The average Bonchev–Trinajstić information content (AvgIpc) is 0.860. The molecule has 0 aliphatic carbocycles. The van der Waals surface area contributed by atoms with Gasteiger partial charge in [-0.3, -0.25) is 38.4 Å². The zero-order chi connectivity index (χ0) is 93.7. The number of ether oxygens (including phenoxy) is 16. The second-order valence-electron chi connectivity index (χ2n) is 30.5. The molecule has 0 aromatic carbocycles. The summed E-state index contributed by atoms with van der Waals surface area (Å²) in [5, 5.41) is 216. The van der Waals surface area contributed by atoms with Crippen LogP contribution in [0.4, 0.5) is 0 Å². The van der Waals surface area contributed by atoms with E-state index in [0.717, 1.165) is 94.1 Å². The van der Waals surface area contributed by atoms with Crippen LogP contribution in [-0.4, -0.2) is 523 Å². The lowest BCUT2D eigenvalue weighted by Crippen LogP contribution is -2.69. The van der Waals surface area contributed by atoms with Crippen molar-refractivity contribution in [2.75, 3.05) is 148 Å². The maximum absolute atomic E-state index is 12.7. The molecule has 24 N–H and O–H groups in total. The molecular weight excluding hydrogens is 1870 g/mol. The van der Waals surface area contributed by atoms with E-state index >= 15 is 0 Å². The lowest BCUT2D eigenvalue weighted by molar-refractivity contribution is -0.396. The molecule has 30 aliphatic heterocycles. The van der Waals surface area contributed by atoms with Crippen molar-refractivity contribution < 1.29 is 196 Å². The van der Waals surface area contributed by atoms with Crippen molar-refractivity contribution in [3.63, 3.8) is 0 Å². The molecule has 56 heteroatoms. The van der Waals surface area contributed by atoms with Crippen LogP contribution in [0, 0.1) is 0 Å². The number of aliphatic hydroxyl groups is 16. The summed E-state index contributed by atoms with van der Waals surface area (Å²) in [6.07, 6.45) is -79.6. The van der Waals surface area contributed by atoms with Crippen LogP contribution in [0.1, 0.15) is 0 Å². The molecule has 16 bridgehead atoms. The monoisotopic (exact) mass is 1990 g/mol. The number of nitrogens with one attached hydrogen (secondary N) is 8. The number of carbonyl (C=O) groups is 8. The van der Waals surface area contributed by atoms with Gasteiger partial charge in [-0.2, -0.15) is 0 Å². The third kappa shape index (κ3) is 28.7. The Morgan fingerprint density at radius 1 is 0.172 bits per heavy atom. The van der Waals surface area contributed by atoms with Crippen molar-refractivity contribution in [3.05, 3.63) is 0 Å². The van der Waals surface area contributed by atoms with Gasteiger partial charge in [-0.05, 0) is 0 Å². The largest absolute Gasteiger partial charge is 0.387 e. The highest BCUT2D eigenvalue weighted by Crippen LogP contribution is 2.43. The van der Waals surface area contributed by atoms with Crippen LogP contribution in [0.15, 0.2) is 0 Å². The number of rotatable bonds is 32. The Labute approximate surface area is 769 Å². The van der Waals surface area contributed by atoms with Gasteiger partial charge in [0.1, 0.15) is 146 Å². The predicted molar refractivity (Wildman–Crippen MR) is 456 cm³/mol. The molecule has 128 heavy (non-hydrogen) atoms. The van der Waals surface area contributed by atoms with E-state index in [-0.39, 0.29) is 92.0 Å². The summed E-state index contributed by atoms with van der Waals surface area (Å²) in [6, 6.07) is 0. The Balaban J connectivity index is 1.13. The van der Waals surface area contributed by atoms with Crippen molar-refractivity contribution in [2.45, 2.75) is 246 Å². The highest BCUT2D eigenvalue weighted by Gasteiger charge is 2.61. The summed E-state index contributed by atoms with van der Waals surface area (Å²) >= 11 is 7.18. The lowest BCUT2D eigenvalue weighted by atomic mass is 9.95. The Kier molecular flexibility index (Phi) is 44.9. The number of aliphatic hydroxyl groups excluding tert-OH is 16. The first kappa shape index (κ1) is 109. The van der Waals surface area contributed by atoms with Crippen LogP contribution in [-0.2, 0) is 114 Å². The van der Waals surface area contributed by atoms with Crippen LogP contribution in [0.25, 0.3) is 0 Å². The molecule has 0 unspecified atom stereocenters. The molecule has 30 saturated heterocycles. The van der Waals surface area contributed by atoms with Crippen molar-refractivity contribution in [2.24, 2.45) is 0 Å². The van der Waals surface area contributed by atoms with Crippen molar-refractivity contribution in [3.8, 4) is 0 Å². The van der Waals surface area contributed by atoms with Crippen molar-refractivity contribution in [1.82, 2.24) is 42.5 Å². The second kappa shape index (κ2) is 52.7. The summed E-state index contributed by atoms with van der Waals surface area (Å²) < 4.78 is 102. The first-order valence-corrected chi connectivity index (χ1v) is 49.9. The number of hydrogen-bond donors (Lipinski definition) is 24. The molecule has 736 valence electrons. The molecule has 0 aromatic rings. The Morgan fingerprint density at radius 2 is 0.266 bits per heavy atom. The standard InChI is InChI=1S/C72H120N8O40S8/c1-73-33(81)17-121-9-25-57-41(89)49(97)65(105-25)114-58-26(10-122-18-34(82)74-2)107-67(51(99)43(58)91)116-60-28(12-124-20-36(84)76-4)109-69(53(101)45(60)93)118-62-30(14-126-22-38(86)78-6)111-71(55(103)47(62)95)120-64-32(16-128-24-40(88)80-8)112-72(56(104)48(64)96)119-63-31(15-127-23-39(87)79-7)110-70(54(102)46(63)94)117-61-29(13-125-21-37(85)77-5)108-68(52(100)44(61)92)115-59-27(11-123-19-35(83)75-3)106-66(113-57)50(98)42(59)90/h25-32,41-72,89-104H,9-24H2,1-8H3,(H,73,81)(H,74,82)(H,75,83)(H,76,84)(H,77,85)(H,78,86)(H,79,87)(H,80,88)/t25-,26-,27-,28-,29-,30-,31-,32-,41-,42-,43-,44-,45-,46-,47-,48-,49-,50-,51-,52-,53-,54-,55-,56-,57-,58-,59-,60-,61-,62-,63-,64-,65-,66-,67-,68-,69-,70-,71-,72-/m1/s1. The second-order valence-corrected chi connectivity index (χ2v) is 38.7. The number of hydrogen-bond acceptors (Lipinski definition) is 48. The van der Waals surface area contributed by atoms with Gasteiger partial charge in [0.05, 0.1) is 94.9 Å². The van der Waals surface area contributed by atoms with E-state index in [1.54, 1.807) is 0 Å². The fourth-order valence-corrected chi connectivity index (χ4v) is 22.1. The van der Waals surface area contributed by atoms with Gasteiger partial charge in [-0.25, -0.2) is 0 Å². The topological polar surface area (TPSA) is 704 Å². The van der Waals surface area contributed by atoms with E-state index in [4.69, 9.17) is 75.8 Å². The SMILES string of the molecule is CNC(=O)CSC[C@H]1O[C@@H]2O[C@H]3[C@H](O)[C@@H](O)[C@@H](O[C@H]4[C@H](O)[C@@H](O)[C@@H](O[C@H]5[C@H](O)[C@@H](O)[C@@H](O[C@H]6[C@H](O)[C@@H](O)[C@@H](O[C@H]7[C@H](O)[C@@H](O)[C@@H](O[C@H]8[C@H](O)[C@@H](O)[C@@H](O[C@H]9[C@H](O)[C@@H](O)[C@@H](O[C@H]1[C@H](O)[C@H]2O)O[C@@H]9CSCC(=O)NC)O[C@@H]8CSCC(=O)NC)O[C@@H]7CSCC(=O)NC)O[C@@H]6CSCC(=O)NC)O[C@@H]5CSCC(=O)NC)O[C@@H]4CSCC(=O)NC)O[C@@H]3CSCC(=O)NC. The normalized spacial score (nSPS) is 41.3. The van der Waals surface area contributed by atoms with Gasteiger partial charge in [0.2, 0.25) is 47.3 Å². The van der Waals surface area contributed by atoms with E-state index in [0.29, 0.717) is 0 Å². The Morgan fingerprint density at radius 3 is 0.352 bits per heavy atom. The van der Waals surface area contributed by atoms with Gasteiger partial charge in [-0.15, -0.1) is 94.1 Å². The van der Waals surface area contributed by atoms with Crippen LogP contribution in [0.2, 0.25) is 0 Å². The first-order valence-electron chi connectivity index (χ1n) is 40.7. The summed E-state index contributed by atoms with van der Waals surface area (Å²) in [6.45, 7) is 0. The highest BCUT2D eigenvalue weighted by molar-refractivity contribution is 8.01. The molecule has 30 fully saturated rings. The molecule has 0 saturated carbocycles. The average molecular weight is 1990 g/mol. The lowest BCUT2D eigenvalue weighted by Gasteiger charge is -2.51. The molecule has 30 heterocycles. The quantitative estimate of drug-likeness (QED) is 0.0297. The fraction of sp³-hybridized carbons (Fsp3) is 0.889. The van der Waals surface area contributed by atoms with Crippen LogP contribution in [0.3, 0.4) is 0 Å². The van der Waals surface area contributed by atoms with Gasteiger partial charge in [0.25, 0.3) is 0 Å². The van der Waals surface area contributed by atoms with E-state index in [2.05, 4.69) is 42.5 Å². The minimum absolute atomic E-state index is 0.271. The fourth-order valence-electron chi connectivity index (χ4n) is 14.5. The van der Waals surface area contributed by atoms with E-state index in [9.17, 15) is 120 Å². The summed E-state index contributed by atoms with van der Waals surface area (Å²) in [7, 11) is 10.8. The van der Waals surface area contributed by atoms with E-state index in [1.165, 1.54) is 56.4 Å². The molecule has 0 radical (unpaired) electrons. The Bertz CT molecular complexity index is 2860. The molecule has 30 aliphatic rings. The molecule has 8 amide bonds. The summed E-state index contributed by atoms with van der Waals surface area (Å²) in [5.74, 6) is -8.87. The maximum Gasteiger partial charge on any atom is 0.229 e. The molecule has 0 spiro atoms. The minimum atomic E-state index is -2.26. The van der Waals surface area contributed by atoms with Crippen molar-refractivity contribution >= 4 is 141 Å².